The third-order valence-electron chi connectivity index (χ3n) is 15.5. The maximum atomic E-state index is 14.6. The molecular weight excluding hydrogens is 1190 g/mol. The van der Waals surface area contributed by atoms with Gasteiger partial charge in [-0.25, -0.2) is 0 Å². The predicted octanol–water partition coefficient (Wildman–Crippen LogP) is 1.49. The van der Waals surface area contributed by atoms with Crippen molar-refractivity contribution in [3.05, 3.63) is 0 Å². The third-order valence-corrected chi connectivity index (χ3v) is 15.5. The van der Waals surface area contributed by atoms with E-state index in [-0.39, 0.29) is 112 Å². The van der Waals surface area contributed by atoms with Crippen LogP contribution in [0.4, 0.5) is 0 Å². The highest BCUT2D eigenvalue weighted by molar-refractivity contribution is 5.99. The summed E-state index contributed by atoms with van der Waals surface area (Å²) in [6, 6.07) is -12.3. The van der Waals surface area contributed by atoms with Crippen LogP contribution in [0, 0.1) is 41.4 Å². The SMILES string of the molecule is CC(C)C[C@H](NC(=O)[C@H](CC(C)C)NC(=O)[C@H](CC(C)C)NC(=O)[C@H](CCCCN)NC(=O)[C@H](CC(C)C)NC(=O)[C@H](CC(C)C)NC(=O)[C@H](CCCCN)NC(=O)[C@@H](CC(C)C)NC(=O)[C@H](CC(C)C)NC(=O)[C@@H](CCCCN)NC(=O)[C@@H](N)CCCCN)C(N)=O. The van der Waals surface area contributed by atoms with Crippen molar-refractivity contribution in [3.63, 3.8) is 0 Å². The molecule has 0 bridgehead atoms. The first-order valence-electron chi connectivity index (χ1n) is 34.5. The van der Waals surface area contributed by atoms with Crippen LogP contribution in [-0.4, -0.2) is 158 Å². The topological polar surface area (TPSA) is 464 Å². The molecule has 0 aliphatic heterocycles. The second kappa shape index (κ2) is 47.8. The second-order valence-corrected chi connectivity index (χ2v) is 28.2. The highest BCUT2D eigenvalue weighted by Gasteiger charge is 2.37. The van der Waals surface area contributed by atoms with Gasteiger partial charge >= 0.3 is 0 Å². The number of hydrogen-bond donors (Lipinski definition) is 16. The molecule has 538 valence electrons. The van der Waals surface area contributed by atoms with Gasteiger partial charge in [0.15, 0.2) is 0 Å². The Balaban J connectivity index is 7.03. The van der Waals surface area contributed by atoms with Gasteiger partial charge in [0, 0.05) is 0 Å². The first-order chi connectivity index (χ1) is 43.6. The Morgan fingerprint density at radius 2 is 0.398 bits per heavy atom. The molecule has 0 rings (SSSR count). The molecule has 0 saturated carbocycles. The smallest absolute Gasteiger partial charge is 0.243 e. The molecule has 0 saturated heterocycles. The summed E-state index contributed by atoms with van der Waals surface area (Å²) in [4.78, 5) is 154. The van der Waals surface area contributed by atoms with Crippen molar-refractivity contribution >= 4 is 65.0 Å². The van der Waals surface area contributed by atoms with Gasteiger partial charge in [-0.3, -0.25) is 52.7 Å². The van der Waals surface area contributed by atoms with Gasteiger partial charge in [0.25, 0.3) is 0 Å². The second-order valence-electron chi connectivity index (χ2n) is 28.2. The number of nitrogens with one attached hydrogen (secondary N) is 10. The number of carbonyl (C=O) groups excluding carboxylic acids is 11. The fraction of sp³-hybridized carbons (Fsp3) is 0.833. The van der Waals surface area contributed by atoms with Crippen LogP contribution in [-0.2, 0) is 52.7 Å². The molecular formula is C66H128N16O11. The van der Waals surface area contributed by atoms with E-state index in [0.717, 1.165) is 0 Å². The molecule has 0 spiro atoms. The van der Waals surface area contributed by atoms with Crippen LogP contribution in [0.3, 0.4) is 0 Å². The van der Waals surface area contributed by atoms with E-state index in [2.05, 4.69) is 53.2 Å². The average Bonchev–Trinajstić information content (AvgIpc) is 1.72. The van der Waals surface area contributed by atoms with E-state index in [1.54, 1.807) is 0 Å². The van der Waals surface area contributed by atoms with Crippen molar-refractivity contribution in [2.45, 2.75) is 285 Å². The van der Waals surface area contributed by atoms with Crippen molar-refractivity contribution in [1.29, 1.82) is 0 Å². The lowest BCUT2D eigenvalue weighted by molar-refractivity contribution is -0.136. The van der Waals surface area contributed by atoms with E-state index in [0.29, 0.717) is 77.4 Å². The minimum atomic E-state index is -1.23. The summed E-state index contributed by atoms with van der Waals surface area (Å²) in [5, 5.41) is 28.1. The molecule has 0 radical (unpaired) electrons. The van der Waals surface area contributed by atoms with Crippen LogP contribution < -0.4 is 87.6 Å². The van der Waals surface area contributed by atoms with Gasteiger partial charge in [-0.05, 0) is 183 Å². The minimum Gasteiger partial charge on any atom is -0.368 e. The summed E-state index contributed by atoms with van der Waals surface area (Å²) in [7, 11) is 0. The minimum absolute atomic E-state index is 0.0280. The summed E-state index contributed by atoms with van der Waals surface area (Å²) in [6.45, 7) is 27.5. The molecule has 27 nitrogen and oxygen atoms in total. The van der Waals surface area contributed by atoms with Crippen LogP contribution in [0.25, 0.3) is 0 Å². The highest BCUT2D eigenvalue weighted by atomic mass is 16.2. The zero-order valence-electron chi connectivity index (χ0n) is 59.1. The van der Waals surface area contributed by atoms with E-state index >= 15 is 0 Å². The summed E-state index contributed by atoms with van der Waals surface area (Å²) >= 11 is 0. The fourth-order valence-electron chi connectivity index (χ4n) is 10.6. The maximum absolute atomic E-state index is 14.6. The van der Waals surface area contributed by atoms with E-state index in [1.807, 2.05) is 96.9 Å². The molecule has 27 heteroatoms. The van der Waals surface area contributed by atoms with Gasteiger partial charge in [0.2, 0.25) is 65.0 Å². The normalized spacial score (nSPS) is 15.2. The average molecular weight is 1320 g/mol. The summed E-state index contributed by atoms with van der Waals surface area (Å²) < 4.78 is 0. The van der Waals surface area contributed by atoms with Crippen molar-refractivity contribution in [3.8, 4) is 0 Å². The lowest BCUT2D eigenvalue weighted by Gasteiger charge is -2.30. The number of primary amides is 1. The molecule has 0 aliphatic carbocycles. The van der Waals surface area contributed by atoms with Crippen LogP contribution >= 0.6 is 0 Å². The van der Waals surface area contributed by atoms with Gasteiger partial charge in [-0.15, -0.1) is 0 Å². The zero-order valence-corrected chi connectivity index (χ0v) is 59.1. The Morgan fingerprint density at radius 1 is 0.237 bits per heavy atom. The molecule has 22 N–H and O–H groups in total. The quantitative estimate of drug-likeness (QED) is 0.0384. The van der Waals surface area contributed by atoms with Crippen LogP contribution in [0.15, 0.2) is 0 Å². The summed E-state index contributed by atoms with van der Waals surface area (Å²) in [6.07, 6.45) is 6.18. The summed E-state index contributed by atoms with van der Waals surface area (Å²) in [5.41, 5.74) is 34.9. The molecule has 0 aromatic rings. The Morgan fingerprint density at radius 3 is 0.591 bits per heavy atom. The highest BCUT2D eigenvalue weighted by Crippen LogP contribution is 2.17. The van der Waals surface area contributed by atoms with Crippen molar-refractivity contribution in [1.82, 2.24) is 53.2 Å². The maximum Gasteiger partial charge on any atom is 0.243 e. The first-order valence-corrected chi connectivity index (χ1v) is 34.5. The number of carbonyl (C=O) groups is 11. The van der Waals surface area contributed by atoms with Gasteiger partial charge in [-0.1, -0.05) is 103 Å². The first kappa shape index (κ1) is 87.0. The molecule has 0 fully saturated rings. The van der Waals surface area contributed by atoms with Crippen molar-refractivity contribution in [2.75, 3.05) is 26.2 Å². The number of rotatable bonds is 51. The zero-order chi connectivity index (χ0) is 71.1. The number of amides is 11. The van der Waals surface area contributed by atoms with Crippen LogP contribution in [0.5, 0.6) is 0 Å². The van der Waals surface area contributed by atoms with Gasteiger partial charge in [0.1, 0.15) is 60.4 Å². The Kier molecular flexibility index (Phi) is 44.7. The Bertz CT molecular complexity index is 2270. The fourth-order valence-corrected chi connectivity index (χ4v) is 10.6. The largest absolute Gasteiger partial charge is 0.368 e. The van der Waals surface area contributed by atoms with Crippen LogP contribution in [0.1, 0.15) is 219 Å². The lowest BCUT2D eigenvalue weighted by Crippen LogP contribution is -2.61. The lowest BCUT2D eigenvalue weighted by atomic mass is 9.98. The molecule has 0 aromatic carbocycles. The molecule has 0 aliphatic rings. The predicted molar refractivity (Wildman–Crippen MR) is 364 cm³/mol. The van der Waals surface area contributed by atoms with E-state index in [4.69, 9.17) is 34.4 Å². The van der Waals surface area contributed by atoms with Gasteiger partial charge < -0.3 is 87.6 Å². The summed E-state index contributed by atoms with van der Waals surface area (Å²) in [5.74, 6) is -7.99. The van der Waals surface area contributed by atoms with Crippen LogP contribution in [0.2, 0.25) is 0 Å². The number of hydrogen-bond acceptors (Lipinski definition) is 16. The monoisotopic (exact) mass is 1320 g/mol. The van der Waals surface area contributed by atoms with Gasteiger partial charge in [0.05, 0.1) is 6.04 Å². The molecule has 11 amide bonds. The van der Waals surface area contributed by atoms with Gasteiger partial charge in [-0.2, -0.15) is 0 Å². The molecule has 0 unspecified atom stereocenters. The molecule has 0 heterocycles. The van der Waals surface area contributed by atoms with E-state index < -0.39 is 131 Å². The van der Waals surface area contributed by atoms with Crippen molar-refractivity contribution in [2.24, 2.45) is 75.8 Å². The van der Waals surface area contributed by atoms with E-state index in [1.165, 1.54) is 0 Å². The standard InChI is InChI=1S/C66H128N16O11/c1-38(2)31-49(56(72)83)76-63(90)52(34-41(7)8)82-66(93)55(37-44(13)14)79-60(87)48(26-18-22-30-70)75-62(89)51(33-40(5)6)81-65(92)54(36-43(11)12)78-59(86)47(25-17-21-29-69)74-61(88)50(32-39(3)4)80-64(91)53(35-42(9)10)77-58(85)46(24-16-20-28-68)73-57(84)45(71)23-15-19-27-67/h38-55H,15-37,67-71H2,1-14H3,(H2,72,83)(H,73,84)(H,74,88)(H,75,89)(H,76,90)(H,77,85)(H,78,86)(H,79,87)(H,80,91)(H,81,92)(H,82,93)/t45-,46+,47-,48-,49-,50+,51-,52-,53-,54-,55-/m0/s1. The number of unbranched alkanes of at least 4 members (excludes halogenated alkanes) is 4. The van der Waals surface area contributed by atoms with E-state index in [9.17, 15) is 52.7 Å². The molecule has 93 heavy (non-hydrogen) atoms. The van der Waals surface area contributed by atoms with Crippen molar-refractivity contribution < 1.29 is 52.7 Å². The molecule has 0 aromatic heterocycles. The third kappa shape index (κ3) is 38.2. The number of nitrogens with two attached hydrogens (primary N) is 6. The molecule has 11 atom stereocenters. The Hall–Kier alpha value is -6.03. The Labute approximate surface area is 556 Å².